The molecule has 0 radical (unpaired) electrons. The van der Waals surface area contributed by atoms with Crippen LogP contribution in [-0.2, 0) is 11.3 Å². The zero-order valence-corrected chi connectivity index (χ0v) is 16.4. The minimum atomic E-state index is -0.982. The summed E-state index contributed by atoms with van der Waals surface area (Å²) < 4.78 is 7.47. The van der Waals surface area contributed by atoms with Gasteiger partial charge in [-0.3, -0.25) is 10.3 Å². The third kappa shape index (κ3) is 3.31. The first-order chi connectivity index (χ1) is 14.6. The van der Waals surface area contributed by atoms with Crippen LogP contribution in [0.15, 0.2) is 53.2 Å². The number of hydrogen-bond acceptors (Lipinski definition) is 10. The van der Waals surface area contributed by atoms with Gasteiger partial charge in [0.2, 0.25) is 0 Å². The molecule has 0 amide bonds. The van der Waals surface area contributed by atoms with Crippen molar-refractivity contribution in [2.45, 2.75) is 44.2 Å². The molecule has 1 aromatic heterocycles. The van der Waals surface area contributed by atoms with Crippen molar-refractivity contribution in [3.63, 3.8) is 0 Å². The lowest BCUT2D eigenvalue weighted by Gasteiger charge is -2.30. The van der Waals surface area contributed by atoms with Crippen molar-refractivity contribution < 1.29 is 14.9 Å². The molecule has 1 aromatic carbocycles. The van der Waals surface area contributed by atoms with E-state index in [1.54, 1.807) is 30.3 Å². The second-order valence-electron chi connectivity index (χ2n) is 7.50. The Hall–Kier alpha value is -2.99. The molecule has 4 heterocycles. The van der Waals surface area contributed by atoms with Gasteiger partial charge in [-0.15, -0.1) is 5.10 Å². The van der Waals surface area contributed by atoms with Gasteiger partial charge in [-0.05, 0) is 24.6 Å². The molecular weight excluding hydrogens is 388 g/mol. The molecule has 30 heavy (non-hydrogen) atoms. The molecule has 3 aliphatic heterocycles. The predicted octanol–water partition coefficient (Wildman–Crippen LogP) is -1.19. The summed E-state index contributed by atoms with van der Waals surface area (Å²) in [5.74, 6) is 0.786. The molecule has 1 unspecified atom stereocenters. The first-order valence-electron chi connectivity index (χ1n) is 9.85. The van der Waals surface area contributed by atoms with Crippen LogP contribution in [0.5, 0.6) is 0 Å². The van der Waals surface area contributed by atoms with E-state index in [0.717, 1.165) is 22.8 Å². The minimum absolute atomic E-state index is 0.262. The monoisotopic (exact) mass is 412 g/mol. The summed E-state index contributed by atoms with van der Waals surface area (Å²) in [5.41, 5.74) is 2.93. The molecule has 0 aliphatic carbocycles. The topological polar surface area (TPSA) is 132 Å². The van der Waals surface area contributed by atoms with E-state index < -0.39 is 24.5 Å². The number of aromatic nitrogens is 3. The highest BCUT2D eigenvalue weighted by atomic mass is 16.6. The maximum atomic E-state index is 10.3. The van der Waals surface area contributed by atoms with Crippen molar-refractivity contribution in [3.05, 3.63) is 53.7 Å². The van der Waals surface area contributed by atoms with Crippen molar-refractivity contribution in [2.24, 2.45) is 4.99 Å². The summed E-state index contributed by atoms with van der Waals surface area (Å²) >= 11 is 0. The third-order valence-electron chi connectivity index (χ3n) is 5.59. The summed E-state index contributed by atoms with van der Waals surface area (Å²) in [6.07, 6.45) is 1.86. The normalized spacial score (nSPS) is 30.4. The summed E-state index contributed by atoms with van der Waals surface area (Å²) in [6, 6.07) is 8.04. The van der Waals surface area contributed by atoms with Gasteiger partial charge in [-0.25, -0.2) is 4.68 Å². The van der Waals surface area contributed by atoms with E-state index >= 15 is 0 Å². The van der Waals surface area contributed by atoms with Gasteiger partial charge in [0.25, 0.3) is 0 Å². The molecule has 1 fully saturated rings. The summed E-state index contributed by atoms with van der Waals surface area (Å²) in [6.45, 7) is 2.82. The molecule has 1 saturated heterocycles. The standard InChI is InChI=1S/C19H24N8O3/c1-11-15(28)16(29)19(30-11)26-10-23-14-17(21-9-22-18(14)26)20-8-12-2-4-13(5-3-12)27-7-6-24-25-27/h2-7,9,11,15-17,19-20,23,28-29H,8,10H2,1H3,(H,21,22)/t11-,15-,16-,17?,19-/m1/s1. The van der Waals surface area contributed by atoms with E-state index in [1.165, 1.54) is 0 Å². The van der Waals surface area contributed by atoms with E-state index in [0.29, 0.717) is 13.2 Å². The van der Waals surface area contributed by atoms with Gasteiger partial charge in [0, 0.05) is 6.54 Å². The van der Waals surface area contributed by atoms with Crippen molar-refractivity contribution in [3.8, 4) is 5.69 Å². The van der Waals surface area contributed by atoms with Crippen LogP contribution < -0.4 is 16.0 Å². The number of benzene rings is 1. The number of aliphatic imine (C=N–C) groups is 1. The Morgan fingerprint density at radius 2 is 2.07 bits per heavy atom. The molecule has 11 nitrogen and oxygen atoms in total. The third-order valence-corrected chi connectivity index (χ3v) is 5.59. The van der Waals surface area contributed by atoms with Gasteiger partial charge in [0.15, 0.2) is 6.23 Å². The lowest BCUT2D eigenvalue weighted by molar-refractivity contribution is -0.0702. The van der Waals surface area contributed by atoms with Crippen LogP contribution in [0, 0.1) is 0 Å². The number of ether oxygens (including phenoxy) is 1. The van der Waals surface area contributed by atoms with Crippen molar-refractivity contribution >= 4 is 6.34 Å². The number of nitrogens with zero attached hydrogens (tertiary/aromatic N) is 5. The molecule has 3 aliphatic rings. The molecule has 11 heteroatoms. The Kier molecular flexibility index (Phi) is 4.87. The van der Waals surface area contributed by atoms with Gasteiger partial charge in [-0.2, -0.15) is 0 Å². The maximum absolute atomic E-state index is 10.3. The van der Waals surface area contributed by atoms with Gasteiger partial charge >= 0.3 is 0 Å². The Labute approximate surface area is 173 Å². The second kappa shape index (κ2) is 7.69. The smallest absolute Gasteiger partial charge is 0.161 e. The van der Waals surface area contributed by atoms with Gasteiger partial charge < -0.3 is 30.5 Å². The quantitative estimate of drug-likeness (QED) is 0.411. The van der Waals surface area contributed by atoms with Crippen LogP contribution in [0.4, 0.5) is 0 Å². The van der Waals surface area contributed by atoms with Gasteiger partial charge in [0.1, 0.15) is 24.2 Å². The Morgan fingerprint density at radius 3 is 2.77 bits per heavy atom. The van der Waals surface area contributed by atoms with Crippen LogP contribution in [0.2, 0.25) is 0 Å². The zero-order chi connectivity index (χ0) is 20.7. The van der Waals surface area contributed by atoms with Crippen molar-refractivity contribution in [2.75, 3.05) is 6.67 Å². The largest absolute Gasteiger partial charge is 0.388 e. The zero-order valence-electron chi connectivity index (χ0n) is 16.4. The fourth-order valence-corrected chi connectivity index (χ4v) is 3.91. The van der Waals surface area contributed by atoms with E-state index in [4.69, 9.17) is 4.74 Å². The number of aliphatic hydroxyl groups is 2. The first kappa shape index (κ1) is 19.0. The summed E-state index contributed by atoms with van der Waals surface area (Å²) in [4.78, 5) is 6.36. The van der Waals surface area contributed by atoms with Crippen LogP contribution in [-0.4, -0.2) is 73.8 Å². The van der Waals surface area contributed by atoms with Gasteiger partial charge in [-0.1, -0.05) is 17.3 Å². The van der Waals surface area contributed by atoms with Crippen molar-refractivity contribution in [1.82, 2.24) is 35.8 Å². The summed E-state index contributed by atoms with van der Waals surface area (Å²) in [5, 5.41) is 38.1. The Bertz CT molecular complexity index is 945. The van der Waals surface area contributed by atoms with E-state index in [1.807, 2.05) is 29.2 Å². The highest BCUT2D eigenvalue weighted by Crippen LogP contribution is 2.29. The van der Waals surface area contributed by atoms with E-state index in [9.17, 15) is 10.2 Å². The Balaban J connectivity index is 1.26. The highest BCUT2D eigenvalue weighted by Gasteiger charge is 2.46. The van der Waals surface area contributed by atoms with Crippen LogP contribution >= 0.6 is 0 Å². The minimum Gasteiger partial charge on any atom is -0.388 e. The molecule has 0 saturated carbocycles. The number of nitrogens with one attached hydrogen (secondary N) is 3. The van der Waals surface area contributed by atoms with Crippen LogP contribution in [0.25, 0.3) is 5.69 Å². The van der Waals surface area contributed by atoms with Gasteiger partial charge in [0.05, 0.1) is 42.9 Å². The first-order valence-corrected chi connectivity index (χ1v) is 9.85. The van der Waals surface area contributed by atoms with E-state index in [-0.39, 0.29) is 6.17 Å². The lowest BCUT2D eigenvalue weighted by atomic mass is 10.1. The summed E-state index contributed by atoms with van der Waals surface area (Å²) in [7, 11) is 0. The number of rotatable bonds is 5. The maximum Gasteiger partial charge on any atom is 0.161 e. The highest BCUT2D eigenvalue weighted by molar-refractivity contribution is 5.61. The molecule has 2 aromatic rings. The number of hydrogen-bond donors (Lipinski definition) is 5. The molecule has 0 spiro atoms. The van der Waals surface area contributed by atoms with Crippen LogP contribution in [0.1, 0.15) is 12.5 Å². The predicted molar refractivity (Wildman–Crippen MR) is 107 cm³/mol. The van der Waals surface area contributed by atoms with E-state index in [2.05, 4.69) is 31.3 Å². The molecule has 5 atom stereocenters. The van der Waals surface area contributed by atoms with Crippen molar-refractivity contribution in [1.29, 1.82) is 0 Å². The molecule has 5 rings (SSSR count). The average Bonchev–Trinajstić information content (AvgIpc) is 3.50. The molecule has 158 valence electrons. The SMILES string of the molecule is C[C@H]1O[C@@H](N2CNC3=C2NC=NC3NCc2ccc(-n3ccnn3)cc2)[C@H](O)[C@@H]1O. The molecular formula is C19H24N8O3. The fraction of sp³-hybridized carbons (Fsp3) is 0.421. The number of aliphatic hydroxyl groups excluding tert-OH is 2. The molecule has 0 bridgehead atoms. The Morgan fingerprint density at radius 1 is 1.23 bits per heavy atom. The average molecular weight is 412 g/mol. The van der Waals surface area contributed by atoms with Crippen LogP contribution in [0.3, 0.4) is 0 Å². The molecule has 5 N–H and O–H groups in total. The lowest BCUT2D eigenvalue weighted by Crippen LogP contribution is -2.46. The fourth-order valence-electron chi connectivity index (χ4n) is 3.91. The second-order valence-corrected chi connectivity index (χ2v) is 7.50.